The van der Waals surface area contributed by atoms with Crippen LogP contribution in [-0.4, -0.2) is 32.0 Å². The normalized spacial score (nSPS) is 12.5. The third-order valence-corrected chi connectivity index (χ3v) is 2.22. The molecule has 0 radical (unpaired) electrons. The Kier molecular flexibility index (Phi) is 3.68. The average Bonchev–Trinajstić information content (AvgIpc) is 2.18. The maximum atomic E-state index is 11.2. The van der Waals surface area contributed by atoms with Gasteiger partial charge in [-0.15, -0.1) is 0 Å². The Morgan fingerprint density at radius 3 is 2.20 bits per heavy atom. The van der Waals surface area contributed by atoms with Gasteiger partial charge in [-0.1, -0.05) is 12.1 Å². The van der Waals surface area contributed by atoms with E-state index in [1.807, 2.05) is 38.4 Å². The summed E-state index contributed by atoms with van der Waals surface area (Å²) in [6.07, 6.45) is 0. The van der Waals surface area contributed by atoms with E-state index in [1.54, 1.807) is 12.0 Å². The van der Waals surface area contributed by atoms with Gasteiger partial charge in [-0.25, -0.2) is 0 Å². The van der Waals surface area contributed by atoms with Crippen LogP contribution in [0.4, 0.5) is 0 Å². The van der Waals surface area contributed by atoms with Gasteiger partial charge in [-0.2, -0.15) is 0 Å². The Morgan fingerprint density at radius 2 is 1.87 bits per heavy atom. The minimum Gasteiger partial charge on any atom is -0.497 e. The zero-order valence-electron chi connectivity index (χ0n) is 9.23. The number of amides is 1. The van der Waals surface area contributed by atoms with Crippen LogP contribution in [0.5, 0.6) is 5.75 Å². The predicted molar refractivity (Wildman–Crippen MR) is 58.6 cm³/mol. The third-order valence-electron chi connectivity index (χ3n) is 2.22. The molecule has 4 nitrogen and oxygen atoms in total. The molecule has 0 saturated heterocycles. The molecule has 0 saturated carbocycles. The van der Waals surface area contributed by atoms with Crippen LogP contribution in [0.2, 0.25) is 0 Å². The van der Waals surface area contributed by atoms with E-state index >= 15 is 0 Å². The first kappa shape index (κ1) is 11.5. The van der Waals surface area contributed by atoms with E-state index in [1.165, 1.54) is 0 Å². The Hall–Kier alpha value is -1.55. The van der Waals surface area contributed by atoms with Gasteiger partial charge >= 0.3 is 0 Å². The summed E-state index contributed by atoms with van der Waals surface area (Å²) >= 11 is 0. The van der Waals surface area contributed by atoms with Crippen LogP contribution in [-0.2, 0) is 4.79 Å². The smallest absolute Gasteiger partial charge is 0.239 e. The number of methoxy groups -OCH3 is 1. The molecule has 2 N–H and O–H groups in total. The van der Waals surface area contributed by atoms with E-state index in [0.717, 1.165) is 11.3 Å². The van der Waals surface area contributed by atoms with Crippen molar-refractivity contribution < 1.29 is 9.53 Å². The Labute approximate surface area is 89.6 Å². The summed E-state index contributed by atoms with van der Waals surface area (Å²) in [6, 6.07) is 6.92. The molecule has 0 bridgehead atoms. The number of primary amides is 1. The van der Waals surface area contributed by atoms with E-state index in [0.29, 0.717) is 0 Å². The fourth-order valence-corrected chi connectivity index (χ4v) is 1.50. The molecular weight excluding hydrogens is 192 g/mol. The second-order valence-corrected chi connectivity index (χ2v) is 3.54. The lowest BCUT2D eigenvalue weighted by Crippen LogP contribution is -2.32. The zero-order valence-corrected chi connectivity index (χ0v) is 9.23. The van der Waals surface area contributed by atoms with Crippen LogP contribution in [0.25, 0.3) is 0 Å². The molecule has 0 aromatic heterocycles. The summed E-state index contributed by atoms with van der Waals surface area (Å²) in [6.45, 7) is 0. The van der Waals surface area contributed by atoms with E-state index in [9.17, 15) is 4.79 Å². The van der Waals surface area contributed by atoms with Crippen molar-refractivity contribution in [1.29, 1.82) is 0 Å². The highest BCUT2D eigenvalue weighted by atomic mass is 16.5. The minimum absolute atomic E-state index is 0.356. The summed E-state index contributed by atoms with van der Waals surface area (Å²) in [5.74, 6) is 0.408. The van der Waals surface area contributed by atoms with Crippen LogP contribution < -0.4 is 10.5 Å². The zero-order chi connectivity index (χ0) is 11.4. The highest BCUT2D eigenvalue weighted by molar-refractivity contribution is 5.81. The first-order chi connectivity index (χ1) is 7.06. The molecule has 0 spiro atoms. The quantitative estimate of drug-likeness (QED) is 0.795. The number of carbonyl (C=O) groups is 1. The molecule has 0 aliphatic carbocycles. The number of nitrogens with two attached hydrogens (primary N) is 1. The molecule has 1 unspecified atom stereocenters. The van der Waals surface area contributed by atoms with Crippen molar-refractivity contribution >= 4 is 5.91 Å². The van der Waals surface area contributed by atoms with Gasteiger partial charge in [0.25, 0.3) is 0 Å². The molecule has 1 atom stereocenters. The molecule has 1 aromatic rings. The van der Waals surface area contributed by atoms with Gasteiger partial charge < -0.3 is 10.5 Å². The van der Waals surface area contributed by atoms with E-state index in [-0.39, 0.29) is 5.91 Å². The number of carbonyl (C=O) groups excluding carboxylic acids is 1. The summed E-state index contributed by atoms with van der Waals surface area (Å²) in [4.78, 5) is 13.0. The van der Waals surface area contributed by atoms with Crippen LogP contribution in [0.3, 0.4) is 0 Å². The van der Waals surface area contributed by atoms with Gasteiger partial charge in [0.2, 0.25) is 5.91 Å². The Balaban J connectivity index is 2.97. The van der Waals surface area contributed by atoms with Crippen molar-refractivity contribution in [3.63, 3.8) is 0 Å². The van der Waals surface area contributed by atoms with Crippen molar-refractivity contribution in [2.24, 2.45) is 5.73 Å². The fraction of sp³-hybridized carbons (Fsp3) is 0.364. The second kappa shape index (κ2) is 4.79. The maximum absolute atomic E-state index is 11.2. The lowest BCUT2D eigenvalue weighted by molar-refractivity contribution is -0.122. The van der Waals surface area contributed by atoms with Crippen molar-refractivity contribution in [2.75, 3.05) is 21.2 Å². The topological polar surface area (TPSA) is 55.6 Å². The molecular formula is C11H16N2O2. The van der Waals surface area contributed by atoms with E-state index < -0.39 is 6.04 Å². The van der Waals surface area contributed by atoms with Gasteiger partial charge in [0.15, 0.2) is 0 Å². The van der Waals surface area contributed by atoms with Crippen molar-refractivity contribution in [3.05, 3.63) is 29.8 Å². The summed E-state index contributed by atoms with van der Waals surface area (Å²) < 4.78 is 5.04. The van der Waals surface area contributed by atoms with Gasteiger partial charge in [-0.05, 0) is 31.8 Å². The standard InChI is InChI=1S/C11H16N2O2/c1-13(2)10(11(12)14)8-4-6-9(15-3)7-5-8/h4-7,10H,1-3H3,(H2,12,14). The van der Waals surface area contributed by atoms with E-state index in [2.05, 4.69) is 0 Å². The Morgan fingerprint density at radius 1 is 1.33 bits per heavy atom. The van der Waals surface area contributed by atoms with Crippen molar-refractivity contribution in [3.8, 4) is 5.75 Å². The van der Waals surface area contributed by atoms with Crippen molar-refractivity contribution in [2.45, 2.75) is 6.04 Å². The monoisotopic (exact) mass is 208 g/mol. The lowest BCUT2D eigenvalue weighted by atomic mass is 10.1. The highest BCUT2D eigenvalue weighted by Gasteiger charge is 2.19. The molecule has 1 aromatic carbocycles. The number of nitrogens with zero attached hydrogens (tertiary/aromatic N) is 1. The molecule has 0 aliphatic rings. The van der Waals surface area contributed by atoms with Crippen LogP contribution in [0.15, 0.2) is 24.3 Å². The van der Waals surface area contributed by atoms with E-state index in [4.69, 9.17) is 10.5 Å². The molecule has 0 aliphatic heterocycles. The lowest BCUT2D eigenvalue weighted by Gasteiger charge is -2.21. The van der Waals surface area contributed by atoms with Crippen LogP contribution in [0, 0.1) is 0 Å². The summed E-state index contributed by atoms with van der Waals surface area (Å²) in [5.41, 5.74) is 6.20. The molecule has 4 heteroatoms. The maximum Gasteiger partial charge on any atom is 0.239 e. The summed E-state index contributed by atoms with van der Waals surface area (Å²) in [7, 11) is 5.24. The van der Waals surface area contributed by atoms with Crippen molar-refractivity contribution in [1.82, 2.24) is 4.90 Å². The van der Waals surface area contributed by atoms with Crippen LogP contribution in [0.1, 0.15) is 11.6 Å². The summed E-state index contributed by atoms with van der Waals surface area (Å²) in [5, 5.41) is 0. The predicted octanol–water partition coefficient (Wildman–Crippen LogP) is 0.783. The minimum atomic E-state index is -0.393. The SMILES string of the molecule is COc1ccc(C(C(N)=O)N(C)C)cc1. The number of rotatable bonds is 4. The van der Waals surface area contributed by atoms with Gasteiger partial charge in [-0.3, -0.25) is 9.69 Å². The average molecular weight is 208 g/mol. The number of benzene rings is 1. The number of ether oxygens (including phenoxy) is 1. The molecule has 0 fully saturated rings. The van der Waals surface area contributed by atoms with Gasteiger partial charge in [0.1, 0.15) is 11.8 Å². The molecule has 15 heavy (non-hydrogen) atoms. The fourth-order valence-electron chi connectivity index (χ4n) is 1.50. The number of likely N-dealkylation sites (N-methyl/N-ethyl adjacent to an activating group) is 1. The second-order valence-electron chi connectivity index (χ2n) is 3.54. The number of hydrogen-bond acceptors (Lipinski definition) is 3. The highest BCUT2D eigenvalue weighted by Crippen LogP contribution is 2.20. The molecule has 1 amide bonds. The largest absolute Gasteiger partial charge is 0.497 e. The Bertz CT molecular complexity index is 333. The third kappa shape index (κ3) is 2.70. The molecule has 1 rings (SSSR count). The van der Waals surface area contributed by atoms with Crippen LogP contribution >= 0.6 is 0 Å². The first-order valence-corrected chi connectivity index (χ1v) is 4.66. The number of hydrogen-bond donors (Lipinski definition) is 1. The molecule has 82 valence electrons. The molecule has 0 heterocycles. The van der Waals surface area contributed by atoms with Gasteiger partial charge in [0, 0.05) is 0 Å². The van der Waals surface area contributed by atoms with Gasteiger partial charge in [0.05, 0.1) is 7.11 Å². The first-order valence-electron chi connectivity index (χ1n) is 4.66.